The summed E-state index contributed by atoms with van der Waals surface area (Å²) < 4.78 is 31.7. The molecule has 4 rings (SSSR count). The molecule has 0 spiro atoms. The number of aromatic nitrogens is 3. The van der Waals surface area contributed by atoms with Crippen molar-refractivity contribution < 1.29 is 23.4 Å². The topological polar surface area (TPSA) is 87.5 Å². The van der Waals surface area contributed by atoms with Gasteiger partial charge >= 0.3 is 0 Å². The fourth-order valence-corrected chi connectivity index (χ4v) is 4.07. The van der Waals surface area contributed by atoms with Crippen LogP contribution in [0.15, 0.2) is 47.6 Å². The van der Waals surface area contributed by atoms with Gasteiger partial charge in [-0.05, 0) is 49.2 Å². The Morgan fingerprint density at radius 3 is 2.67 bits per heavy atom. The maximum atomic E-state index is 13.2. The summed E-state index contributed by atoms with van der Waals surface area (Å²) in [5.74, 6) is 2.46. The minimum atomic E-state index is -0.404. The Morgan fingerprint density at radius 1 is 1.15 bits per heavy atom. The number of fused-ring (bicyclic) bond motifs is 1. The van der Waals surface area contributed by atoms with Crippen LogP contribution in [0, 0.1) is 11.7 Å². The van der Waals surface area contributed by atoms with Crippen molar-refractivity contribution in [2.75, 3.05) is 17.9 Å². The first-order chi connectivity index (χ1) is 15.9. The van der Waals surface area contributed by atoms with Crippen LogP contribution in [0.3, 0.4) is 0 Å². The molecule has 1 atom stereocenters. The molecule has 2 heterocycles. The molecule has 1 N–H and O–H groups in total. The van der Waals surface area contributed by atoms with Gasteiger partial charge < -0.3 is 24.1 Å². The summed E-state index contributed by atoms with van der Waals surface area (Å²) in [5.41, 5.74) is 0.635. The molecule has 8 nitrogen and oxygen atoms in total. The minimum absolute atomic E-state index is 0.165. The molecule has 10 heteroatoms. The lowest BCUT2D eigenvalue weighted by atomic mass is 10.2. The second-order valence-corrected chi connectivity index (χ2v) is 8.91. The van der Waals surface area contributed by atoms with Crippen molar-refractivity contribution in [1.82, 2.24) is 14.8 Å². The van der Waals surface area contributed by atoms with E-state index in [2.05, 4.69) is 29.4 Å². The second-order valence-electron chi connectivity index (χ2n) is 7.96. The fourth-order valence-electron chi connectivity index (χ4n) is 3.32. The maximum absolute atomic E-state index is 13.2. The third kappa shape index (κ3) is 5.75. The zero-order chi connectivity index (χ0) is 23.4. The van der Waals surface area contributed by atoms with Crippen LogP contribution in [0.4, 0.5) is 10.1 Å². The molecule has 3 aromatic rings. The van der Waals surface area contributed by atoms with Crippen molar-refractivity contribution in [2.24, 2.45) is 5.92 Å². The van der Waals surface area contributed by atoms with E-state index >= 15 is 0 Å². The first-order valence-corrected chi connectivity index (χ1v) is 11.5. The number of hydrogen-bond acceptors (Lipinski definition) is 7. The Hall–Kier alpha value is -3.27. The van der Waals surface area contributed by atoms with E-state index in [0.29, 0.717) is 46.4 Å². The van der Waals surface area contributed by atoms with Gasteiger partial charge in [0.05, 0.1) is 5.75 Å². The van der Waals surface area contributed by atoms with Crippen molar-refractivity contribution >= 4 is 23.4 Å². The largest absolute Gasteiger partial charge is 0.483 e. The number of nitrogens with zero attached hydrogens (tertiary/aromatic N) is 3. The van der Waals surface area contributed by atoms with Gasteiger partial charge in [0.2, 0.25) is 12.7 Å². The molecule has 1 aromatic heterocycles. The molecule has 2 aromatic carbocycles. The summed E-state index contributed by atoms with van der Waals surface area (Å²) in [4.78, 5) is 12.5. The first kappa shape index (κ1) is 22.9. The summed E-state index contributed by atoms with van der Waals surface area (Å²) in [6, 6.07) is 11.1. The predicted octanol–water partition coefficient (Wildman–Crippen LogP) is 4.67. The Balaban J connectivity index is 1.41. The predicted molar refractivity (Wildman–Crippen MR) is 122 cm³/mol. The van der Waals surface area contributed by atoms with Gasteiger partial charge in [0.25, 0.3) is 0 Å². The molecule has 0 fully saturated rings. The zero-order valence-corrected chi connectivity index (χ0v) is 19.4. The van der Waals surface area contributed by atoms with Crippen LogP contribution in [0.5, 0.6) is 17.2 Å². The lowest BCUT2D eigenvalue weighted by Crippen LogP contribution is -2.17. The number of hydrogen-bond donors (Lipinski definition) is 1. The van der Waals surface area contributed by atoms with Crippen molar-refractivity contribution in [3.63, 3.8) is 0 Å². The highest BCUT2D eigenvalue weighted by atomic mass is 32.2. The highest BCUT2D eigenvalue weighted by molar-refractivity contribution is 7.99. The number of benzene rings is 2. The Bertz CT molecular complexity index is 1120. The van der Waals surface area contributed by atoms with E-state index in [0.717, 1.165) is 0 Å². The highest BCUT2D eigenvalue weighted by Gasteiger charge is 2.21. The third-order valence-corrected chi connectivity index (χ3v) is 5.74. The summed E-state index contributed by atoms with van der Waals surface area (Å²) in [6.45, 7) is 6.91. The number of anilines is 1. The van der Waals surface area contributed by atoms with E-state index in [9.17, 15) is 9.18 Å². The normalized spacial score (nSPS) is 13.2. The highest BCUT2D eigenvalue weighted by Crippen LogP contribution is 2.34. The van der Waals surface area contributed by atoms with Gasteiger partial charge in [-0.2, -0.15) is 0 Å². The minimum Gasteiger partial charge on any atom is -0.483 e. The lowest BCUT2D eigenvalue weighted by Gasteiger charge is -2.17. The number of carbonyl (C=O) groups excluding carboxylic acids is 1. The van der Waals surface area contributed by atoms with E-state index in [4.69, 9.17) is 14.2 Å². The number of ether oxygens (including phenoxy) is 3. The quantitative estimate of drug-likeness (QED) is 0.453. The molecular weight excluding hydrogens is 447 g/mol. The molecule has 0 saturated carbocycles. The summed E-state index contributed by atoms with van der Waals surface area (Å²) in [7, 11) is 0. The van der Waals surface area contributed by atoms with Gasteiger partial charge in [-0.3, -0.25) is 4.79 Å². The van der Waals surface area contributed by atoms with Crippen molar-refractivity contribution in [2.45, 2.75) is 38.6 Å². The van der Waals surface area contributed by atoms with E-state index in [-0.39, 0.29) is 24.3 Å². The summed E-state index contributed by atoms with van der Waals surface area (Å²) >= 11 is 1.30. The van der Waals surface area contributed by atoms with Crippen molar-refractivity contribution in [3.8, 4) is 17.2 Å². The van der Waals surface area contributed by atoms with E-state index in [1.54, 1.807) is 30.3 Å². The molecular formula is C23H25FN4O4S. The number of rotatable bonds is 9. The number of nitrogens with one attached hydrogen (secondary N) is 1. The lowest BCUT2D eigenvalue weighted by molar-refractivity contribution is -0.113. The zero-order valence-electron chi connectivity index (χ0n) is 18.6. The van der Waals surface area contributed by atoms with Crippen LogP contribution in [-0.4, -0.2) is 33.2 Å². The molecule has 1 amide bonds. The van der Waals surface area contributed by atoms with Crippen molar-refractivity contribution in [3.05, 3.63) is 54.1 Å². The molecule has 0 saturated heterocycles. The Kier molecular flexibility index (Phi) is 7.02. The number of thioether (sulfide) groups is 1. The van der Waals surface area contributed by atoms with Crippen LogP contribution in [0.1, 0.15) is 32.7 Å². The van der Waals surface area contributed by atoms with Gasteiger partial charge in [0.15, 0.2) is 28.6 Å². The van der Waals surface area contributed by atoms with E-state index < -0.39 is 6.10 Å². The van der Waals surface area contributed by atoms with Gasteiger partial charge in [-0.15, -0.1) is 10.2 Å². The van der Waals surface area contributed by atoms with Crippen LogP contribution in [0.2, 0.25) is 0 Å². The third-order valence-electron chi connectivity index (χ3n) is 4.77. The standard InChI is InChI=1S/C23H25FN4O4S/c1-14(2)11-28-22(15(3)32-18-7-4-16(24)5-8-18)26-27-23(28)33-12-21(29)25-17-6-9-19-20(10-17)31-13-30-19/h4-10,14-15H,11-13H2,1-3H3,(H,25,29). The van der Waals surface area contributed by atoms with Gasteiger partial charge in [0, 0.05) is 18.3 Å². The first-order valence-electron chi connectivity index (χ1n) is 10.6. The molecule has 0 bridgehead atoms. The Labute approximate surface area is 195 Å². The average Bonchev–Trinajstić information content (AvgIpc) is 3.40. The van der Waals surface area contributed by atoms with Gasteiger partial charge in [-0.25, -0.2) is 4.39 Å². The number of carbonyl (C=O) groups is 1. The van der Waals surface area contributed by atoms with Crippen LogP contribution < -0.4 is 19.5 Å². The van der Waals surface area contributed by atoms with Crippen LogP contribution in [-0.2, 0) is 11.3 Å². The monoisotopic (exact) mass is 472 g/mol. The van der Waals surface area contributed by atoms with Gasteiger partial charge in [0.1, 0.15) is 11.6 Å². The van der Waals surface area contributed by atoms with Gasteiger partial charge in [-0.1, -0.05) is 25.6 Å². The van der Waals surface area contributed by atoms with E-state index in [1.807, 2.05) is 11.5 Å². The number of amides is 1. The van der Waals surface area contributed by atoms with Crippen molar-refractivity contribution in [1.29, 1.82) is 0 Å². The van der Waals surface area contributed by atoms with E-state index in [1.165, 1.54) is 23.9 Å². The summed E-state index contributed by atoms with van der Waals surface area (Å²) in [6.07, 6.45) is -0.404. The maximum Gasteiger partial charge on any atom is 0.234 e. The Morgan fingerprint density at radius 2 is 1.91 bits per heavy atom. The molecule has 0 aliphatic carbocycles. The smallest absolute Gasteiger partial charge is 0.234 e. The van der Waals surface area contributed by atoms with Crippen LogP contribution in [0.25, 0.3) is 0 Å². The molecule has 1 aliphatic heterocycles. The molecule has 0 radical (unpaired) electrons. The summed E-state index contributed by atoms with van der Waals surface area (Å²) in [5, 5.41) is 12.1. The molecule has 1 unspecified atom stereocenters. The molecule has 1 aliphatic rings. The molecule has 33 heavy (non-hydrogen) atoms. The number of halogens is 1. The average molecular weight is 473 g/mol. The second kappa shape index (κ2) is 10.1. The molecule has 174 valence electrons. The SMILES string of the molecule is CC(C)Cn1c(SCC(=O)Nc2ccc3c(c2)OCO3)nnc1C(C)Oc1ccc(F)cc1. The van der Waals surface area contributed by atoms with Crippen LogP contribution >= 0.6 is 11.8 Å². The fraction of sp³-hybridized carbons (Fsp3) is 0.348.